The molecule has 0 fully saturated rings. The van der Waals surface area contributed by atoms with E-state index in [0.29, 0.717) is 12.0 Å². The van der Waals surface area contributed by atoms with Crippen molar-refractivity contribution in [2.45, 2.75) is 6.04 Å². The fourth-order valence-corrected chi connectivity index (χ4v) is 1.20. The highest BCUT2D eigenvalue weighted by molar-refractivity contribution is 5.73. The lowest BCUT2D eigenvalue weighted by atomic mass is 9.94. The maximum atomic E-state index is 4.18. The second-order valence-corrected chi connectivity index (χ2v) is 2.46. The summed E-state index contributed by atoms with van der Waals surface area (Å²) in [5.74, 6) is 0.478. The summed E-state index contributed by atoms with van der Waals surface area (Å²) in [6, 6.07) is 0.315. The minimum absolute atomic E-state index is 0.315. The monoisotopic (exact) mass is 130 g/mol. The van der Waals surface area contributed by atoms with Crippen LogP contribution in [-0.2, 0) is 0 Å². The Balaban J connectivity index is 2.28. The molecule has 1 heteroatoms. The van der Waals surface area contributed by atoms with E-state index in [1.165, 1.54) is 0 Å². The predicted octanol–water partition coefficient (Wildman–Crippen LogP) is 1.61. The topological polar surface area (TPSA) is 12.4 Å². The fourth-order valence-electron chi connectivity index (χ4n) is 1.20. The quantitative estimate of drug-likeness (QED) is 0.472. The van der Waals surface area contributed by atoms with Crippen LogP contribution in [0.15, 0.2) is 41.4 Å². The number of aliphatic imine (C=N–C) groups is 1. The van der Waals surface area contributed by atoms with Crippen LogP contribution in [0.25, 0.3) is 0 Å². The van der Waals surface area contributed by atoms with Gasteiger partial charge in [-0.3, -0.25) is 4.99 Å². The van der Waals surface area contributed by atoms with Gasteiger partial charge in [0.15, 0.2) is 0 Å². The van der Waals surface area contributed by atoms with Gasteiger partial charge in [0.1, 0.15) is 0 Å². The Hall–Kier alpha value is -1.11. The molecule has 0 spiro atoms. The minimum Gasteiger partial charge on any atom is -0.275 e. The zero-order valence-corrected chi connectivity index (χ0v) is 5.57. The lowest BCUT2D eigenvalue weighted by Crippen LogP contribution is -2.16. The summed E-state index contributed by atoms with van der Waals surface area (Å²) in [5, 5.41) is 0. The van der Waals surface area contributed by atoms with Crippen molar-refractivity contribution in [2.75, 3.05) is 0 Å². The third kappa shape index (κ3) is 0.838. The van der Waals surface area contributed by atoms with Crippen molar-refractivity contribution < 1.29 is 0 Å². The third-order valence-electron chi connectivity index (χ3n) is 1.76. The van der Waals surface area contributed by atoms with Crippen molar-refractivity contribution in [1.82, 2.24) is 0 Å². The maximum absolute atomic E-state index is 4.18. The molecule has 0 saturated carbocycles. The highest BCUT2D eigenvalue weighted by atomic mass is 14.8. The number of hydrogen-bond acceptors (Lipinski definition) is 1. The zero-order valence-electron chi connectivity index (χ0n) is 5.57. The van der Waals surface area contributed by atoms with Crippen LogP contribution in [0, 0.1) is 5.92 Å². The standard InChI is InChI=1S/C9H8N/c1-2-6-9-8(4-1)5-3-7-10-9/h1-6,8-9H. The van der Waals surface area contributed by atoms with Gasteiger partial charge < -0.3 is 0 Å². The molecule has 0 bridgehead atoms. The molecule has 0 aromatic carbocycles. The van der Waals surface area contributed by atoms with Crippen molar-refractivity contribution in [3.05, 3.63) is 36.5 Å². The molecule has 2 unspecified atom stereocenters. The van der Waals surface area contributed by atoms with E-state index >= 15 is 0 Å². The summed E-state index contributed by atoms with van der Waals surface area (Å²) < 4.78 is 0. The lowest BCUT2D eigenvalue weighted by molar-refractivity contribution is 0.683. The van der Waals surface area contributed by atoms with E-state index in [1.54, 1.807) is 0 Å². The molecule has 2 rings (SSSR count). The molecule has 1 aliphatic heterocycles. The van der Waals surface area contributed by atoms with Crippen LogP contribution in [-0.4, -0.2) is 12.3 Å². The first kappa shape index (κ1) is 5.66. The van der Waals surface area contributed by atoms with Gasteiger partial charge in [-0.05, 0) is 6.08 Å². The Morgan fingerprint density at radius 2 is 2.00 bits per heavy atom. The van der Waals surface area contributed by atoms with Crippen LogP contribution in [0.4, 0.5) is 0 Å². The molecule has 0 N–H and O–H groups in total. The van der Waals surface area contributed by atoms with E-state index in [2.05, 4.69) is 35.5 Å². The van der Waals surface area contributed by atoms with Crippen molar-refractivity contribution in [3.8, 4) is 0 Å². The minimum atomic E-state index is 0.315. The Labute approximate surface area is 60.5 Å². The van der Waals surface area contributed by atoms with Gasteiger partial charge in [-0.1, -0.05) is 30.4 Å². The smallest absolute Gasteiger partial charge is 0.0831 e. The van der Waals surface area contributed by atoms with Crippen molar-refractivity contribution in [1.29, 1.82) is 0 Å². The molecule has 2 aliphatic rings. The summed E-state index contributed by atoms with van der Waals surface area (Å²) >= 11 is 0. The van der Waals surface area contributed by atoms with E-state index in [4.69, 9.17) is 0 Å². The summed E-state index contributed by atoms with van der Waals surface area (Å²) in [5.41, 5.74) is 0. The summed E-state index contributed by atoms with van der Waals surface area (Å²) in [6.07, 6.45) is 15.2. The zero-order chi connectivity index (χ0) is 6.81. The molecule has 49 valence electrons. The Morgan fingerprint density at radius 3 is 2.90 bits per heavy atom. The predicted molar refractivity (Wildman–Crippen MR) is 42.1 cm³/mol. The van der Waals surface area contributed by atoms with Crippen LogP contribution in [0.3, 0.4) is 0 Å². The molecular formula is C9H8N. The van der Waals surface area contributed by atoms with Crippen LogP contribution in [0.5, 0.6) is 0 Å². The number of rotatable bonds is 0. The van der Waals surface area contributed by atoms with Gasteiger partial charge in [0.2, 0.25) is 0 Å². The van der Waals surface area contributed by atoms with Gasteiger partial charge in [-0.15, -0.1) is 0 Å². The number of hydrogen-bond donors (Lipinski definition) is 0. The number of dihydropyridines is 1. The highest BCUT2D eigenvalue weighted by Crippen LogP contribution is 2.18. The third-order valence-corrected chi connectivity index (χ3v) is 1.76. The van der Waals surface area contributed by atoms with Crippen LogP contribution < -0.4 is 0 Å². The Morgan fingerprint density at radius 1 is 1.10 bits per heavy atom. The van der Waals surface area contributed by atoms with Gasteiger partial charge in [0.25, 0.3) is 0 Å². The van der Waals surface area contributed by atoms with Crippen LogP contribution in [0.1, 0.15) is 0 Å². The van der Waals surface area contributed by atoms with Gasteiger partial charge in [-0.25, -0.2) is 0 Å². The second kappa shape index (κ2) is 2.25. The highest BCUT2D eigenvalue weighted by Gasteiger charge is 2.15. The molecule has 0 amide bonds. The van der Waals surface area contributed by atoms with Crippen molar-refractivity contribution in [2.24, 2.45) is 10.9 Å². The second-order valence-electron chi connectivity index (χ2n) is 2.46. The molecule has 1 nitrogen and oxygen atoms in total. The van der Waals surface area contributed by atoms with Gasteiger partial charge in [0, 0.05) is 5.92 Å². The first-order valence-corrected chi connectivity index (χ1v) is 3.44. The summed E-state index contributed by atoms with van der Waals surface area (Å²) in [4.78, 5) is 4.18. The maximum Gasteiger partial charge on any atom is 0.0831 e. The molecule has 1 heterocycles. The lowest BCUT2D eigenvalue weighted by Gasteiger charge is -2.18. The number of fused-ring (bicyclic) bond motifs is 1. The molecule has 0 saturated heterocycles. The molecular weight excluding hydrogens is 122 g/mol. The first-order chi connectivity index (χ1) is 4.97. The van der Waals surface area contributed by atoms with Crippen LogP contribution in [0.2, 0.25) is 0 Å². The molecule has 2 atom stereocenters. The molecule has 1 radical (unpaired) electrons. The van der Waals surface area contributed by atoms with Crippen LogP contribution >= 0.6 is 0 Å². The normalized spacial score (nSPS) is 34.4. The molecule has 1 aliphatic carbocycles. The first-order valence-electron chi connectivity index (χ1n) is 3.44. The average molecular weight is 130 g/mol. The van der Waals surface area contributed by atoms with Crippen molar-refractivity contribution >= 4 is 6.21 Å². The molecule has 0 aromatic heterocycles. The average Bonchev–Trinajstić information content (AvgIpc) is 2.05. The van der Waals surface area contributed by atoms with Crippen molar-refractivity contribution in [3.63, 3.8) is 0 Å². The molecule has 10 heavy (non-hydrogen) atoms. The fraction of sp³-hybridized carbons (Fsp3) is 0.222. The van der Waals surface area contributed by atoms with E-state index in [9.17, 15) is 0 Å². The SMILES string of the molecule is [C]1=NC2C=CC=CC2C=C1. The summed E-state index contributed by atoms with van der Waals surface area (Å²) in [6.45, 7) is 0. The number of nitrogens with zero attached hydrogens (tertiary/aromatic N) is 1. The number of allylic oxidation sites excluding steroid dienone is 3. The Kier molecular flexibility index (Phi) is 1.28. The summed E-state index contributed by atoms with van der Waals surface area (Å²) in [7, 11) is 0. The molecule has 0 aromatic rings. The van der Waals surface area contributed by atoms with E-state index in [-0.39, 0.29) is 0 Å². The van der Waals surface area contributed by atoms with Gasteiger partial charge >= 0.3 is 0 Å². The van der Waals surface area contributed by atoms with E-state index in [0.717, 1.165) is 0 Å². The van der Waals surface area contributed by atoms with Gasteiger partial charge in [0.05, 0.1) is 12.3 Å². The largest absolute Gasteiger partial charge is 0.275 e. The van der Waals surface area contributed by atoms with E-state index < -0.39 is 0 Å². The van der Waals surface area contributed by atoms with Gasteiger partial charge in [-0.2, -0.15) is 0 Å². The Bertz CT molecular complexity index is 183. The van der Waals surface area contributed by atoms with E-state index in [1.807, 2.05) is 12.2 Å².